The van der Waals surface area contributed by atoms with Gasteiger partial charge in [0.15, 0.2) is 0 Å². The lowest BCUT2D eigenvalue weighted by molar-refractivity contribution is 0.116. The monoisotopic (exact) mass is 236 g/mol. The maximum atomic E-state index is 9.12. The van der Waals surface area contributed by atoms with Gasteiger partial charge in [0, 0.05) is 18.4 Å². The first kappa shape index (κ1) is 14.6. The van der Waals surface area contributed by atoms with Crippen LogP contribution in [0.1, 0.15) is 66.2 Å². The molecule has 0 bridgehead atoms. The molecule has 0 aliphatic heterocycles. The van der Waals surface area contributed by atoms with Crippen LogP contribution in [0.15, 0.2) is 0 Å². The van der Waals surface area contributed by atoms with E-state index >= 15 is 0 Å². The van der Waals surface area contributed by atoms with E-state index in [1.54, 1.807) is 0 Å². The van der Waals surface area contributed by atoms with E-state index < -0.39 is 0 Å². The second kappa shape index (κ2) is 5.91. The Bertz CT molecular complexity index is 285. The van der Waals surface area contributed by atoms with Crippen LogP contribution in [0.5, 0.6) is 0 Å². The quantitative estimate of drug-likeness (QED) is 0.734. The lowest BCUT2D eigenvalue weighted by Crippen LogP contribution is -2.26. The van der Waals surface area contributed by atoms with E-state index in [0.717, 1.165) is 18.8 Å². The van der Waals surface area contributed by atoms with Gasteiger partial charge in [0.1, 0.15) is 0 Å². The first-order valence-electron chi connectivity index (χ1n) is 6.96. The smallest absolute Gasteiger partial charge is 0.0436 e. The molecule has 1 heteroatoms. The first-order valence-corrected chi connectivity index (χ1v) is 6.96. The van der Waals surface area contributed by atoms with Gasteiger partial charge in [0.2, 0.25) is 0 Å². The molecule has 0 aromatic heterocycles. The van der Waals surface area contributed by atoms with Crippen molar-refractivity contribution in [2.75, 3.05) is 6.61 Å². The van der Waals surface area contributed by atoms with Gasteiger partial charge in [-0.3, -0.25) is 0 Å². The molecule has 0 heterocycles. The largest absolute Gasteiger partial charge is 0.396 e. The van der Waals surface area contributed by atoms with Crippen molar-refractivity contribution < 1.29 is 5.11 Å². The van der Waals surface area contributed by atoms with Crippen LogP contribution in [0, 0.1) is 28.6 Å². The molecule has 98 valence electrons. The van der Waals surface area contributed by atoms with Crippen molar-refractivity contribution in [1.29, 1.82) is 0 Å². The third-order valence-electron chi connectivity index (χ3n) is 3.74. The average molecular weight is 236 g/mol. The molecular weight excluding hydrogens is 208 g/mol. The first-order chi connectivity index (χ1) is 7.85. The minimum atomic E-state index is 0.128. The third-order valence-corrected chi connectivity index (χ3v) is 3.74. The van der Waals surface area contributed by atoms with E-state index in [0.29, 0.717) is 12.0 Å². The predicted octanol–water partition coefficient (Wildman–Crippen LogP) is 4.00. The summed E-state index contributed by atoms with van der Waals surface area (Å²) in [7, 11) is 0. The molecule has 0 saturated heterocycles. The maximum absolute atomic E-state index is 9.12. The summed E-state index contributed by atoms with van der Waals surface area (Å²) in [4.78, 5) is 0. The lowest BCUT2D eigenvalue weighted by Gasteiger charge is -2.37. The Morgan fingerprint density at radius 2 is 2.06 bits per heavy atom. The van der Waals surface area contributed by atoms with E-state index in [2.05, 4.69) is 39.5 Å². The van der Waals surface area contributed by atoms with Crippen LogP contribution in [-0.2, 0) is 0 Å². The summed E-state index contributed by atoms with van der Waals surface area (Å²) in [5.74, 6) is 7.44. The molecule has 0 unspecified atom stereocenters. The number of hydrogen-bond donors (Lipinski definition) is 1. The Morgan fingerprint density at radius 3 is 2.65 bits per heavy atom. The molecule has 17 heavy (non-hydrogen) atoms. The van der Waals surface area contributed by atoms with Crippen LogP contribution >= 0.6 is 0 Å². The molecule has 1 aliphatic rings. The van der Waals surface area contributed by atoms with Crippen molar-refractivity contribution in [1.82, 2.24) is 0 Å². The zero-order valence-electron chi connectivity index (χ0n) is 12.0. The van der Waals surface area contributed by atoms with Crippen molar-refractivity contribution in [2.24, 2.45) is 16.7 Å². The molecule has 1 rings (SSSR count). The minimum Gasteiger partial charge on any atom is -0.396 e. The van der Waals surface area contributed by atoms with Gasteiger partial charge in [-0.2, -0.15) is 0 Å². The van der Waals surface area contributed by atoms with Gasteiger partial charge >= 0.3 is 0 Å². The average Bonchev–Trinajstić information content (AvgIpc) is 2.15. The topological polar surface area (TPSA) is 20.2 Å². The lowest BCUT2D eigenvalue weighted by atomic mass is 9.68. The molecule has 0 amide bonds. The highest BCUT2D eigenvalue weighted by molar-refractivity contribution is 5.08. The van der Waals surface area contributed by atoms with E-state index in [4.69, 9.17) is 5.11 Å². The molecular formula is C16H28O. The summed E-state index contributed by atoms with van der Waals surface area (Å²) in [6, 6.07) is 0. The fourth-order valence-electron chi connectivity index (χ4n) is 2.85. The van der Waals surface area contributed by atoms with E-state index in [1.807, 2.05) is 0 Å². The Kier molecular flexibility index (Phi) is 5.07. The van der Waals surface area contributed by atoms with Crippen molar-refractivity contribution in [3.63, 3.8) is 0 Å². The van der Waals surface area contributed by atoms with Crippen LogP contribution in [0.25, 0.3) is 0 Å². The highest BCUT2D eigenvalue weighted by atomic mass is 16.3. The molecule has 0 radical (unpaired) electrons. The van der Waals surface area contributed by atoms with Gasteiger partial charge in [-0.05, 0) is 57.8 Å². The van der Waals surface area contributed by atoms with Crippen LogP contribution in [0.4, 0.5) is 0 Å². The van der Waals surface area contributed by atoms with Crippen LogP contribution in [0.3, 0.4) is 0 Å². The van der Waals surface area contributed by atoms with Gasteiger partial charge in [-0.25, -0.2) is 0 Å². The highest BCUT2D eigenvalue weighted by Gasteiger charge is 2.31. The fourth-order valence-corrected chi connectivity index (χ4v) is 2.85. The van der Waals surface area contributed by atoms with E-state index in [-0.39, 0.29) is 5.41 Å². The van der Waals surface area contributed by atoms with Gasteiger partial charge < -0.3 is 5.11 Å². The molecule has 1 fully saturated rings. The van der Waals surface area contributed by atoms with Gasteiger partial charge in [0.05, 0.1) is 0 Å². The summed E-state index contributed by atoms with van der Waals surface area (Å²) in [6.07, 6.45) is 7.13. The third kappa shape index (κ3) is 5.59. The second-order valence-corrected chi connectivity index (χ2v) is 7.00. The second-order valence-electron chi connectivity index (χ2n) is 7.00. The fraction of sp³-hybridized carbons (Fsp3) is 0.875. The maximum Gasteiger partial charge on any atom is 0.0436 e. The minimum absolute atomic E-state index is 0.128. The molecule has 1 N–H and O–H groups in total. The zero-order valence-corrected chi connectivity index (χ0v) is 12.0. The molecule has 0 aromatic rings. The number of hydrogen-bond acceptors (Lipinski definition) is 1. The normalized spacial score (nSPS) is 29.6. The van der Waals surface area contributed by atoms with Crippen molar-refractivity contribution in [3.8, 4) is 11.8 Å². The van der Waals surface area contributed by atoms with Crippen molar-refractivity contribution in [3.05, 3.63) is 0 Å². The Morgan fingerprint density at radius 1 is 1.35 bits per heavy atom. The van der Waals surface area contributed by atoms with Crippen LogP contribution in [-0.4, -0.2) is 11.7 Å². The Balaban J connectivity index is 2.47. The molecule has 1 nitrogen and oxygen atoms in total. The Labute approximate surface area is 107 Å². The molecule has 0 spiro atoms. The van der Waals surface area contributed by atoms with Crippen LogP contribution in [0.2, 0.25) is 0 Å². The zero-order chi connectivity index (χ0) is 12.9. The number of rotatable bonds is 3. The highest BCUT2D eigenvalue weighted by Crippen LogP contribution is 2.42. The van der Waals surface area contributed by atoms with Gasteiger partial charge in [-0.15, -0.1) is 5.92 Å². The summed E-state index contributed by atoms with van der Waals surface area (Å²) >= 11 is 0. The number of aliphatic hydroxyl groups excluding tert-OH is 1. The van der Waals surface area contributed by atoms with Crippen molar-refractivity contribution in [2.45, 2.75) is 66.2 Å². The Hall–Kier alpha value is -0.480. The molecule has 1 saturated carbocycles. The summed E-state index contributed by atoms with van der Waals surface area (Å²) in [5, 5.41) is 9.12. The summed E-state index contributed by atoms with van der Waals surface area (Å²) in [5.41, 5.74) is 0.490. The molecule has 2 atom stereocenters. The van der Waals surface area contributed by atoms with Gasteiger partial charge in [-0.1, -0.05) is 19.3 Å². The summed E-state index contributed by atoms with van der Waals surface area (Å²) in [6.45, 7) is 9.15. The van der Waals surface area contributed by atoms with Crippen molar-refractivity contribution >= 4 is 0 Å². The van der Waals surface area contributed by atoms with Gasteiger partial charge in [0.25, 0.3) is 0 Å². The molecule has 0 aromatic carbocycles. The molecule has 1 aliphatic carbocycles. The SMILES string of the molecule is CC(C)(C)C#CC[C@H]1CCC[C@@](C)(CCO)C1. The van der Waals surface area contributed by atoms with E-state index in [1.165, 1.54) is 25.7 Å². The standard InChI is InChI=1S/C16H28O/c1-15(2,3)9-5-7-14-8-6-10-16(4,13-14)11-12-17/h14,17H,6-8,10-13H2,1-4H3/t14-,16-/m0/s1. The van der Waals surface area contributed by atoms with E-state index in [9.17, 15) is 0 Å². The predicted molar refractivity (Wildman–Crippen MR) is 73.6 cm³/mol. The number of aliphatic hydroxyl groups is 1. The van der Waals surface area contributed by atoms with Crippen LogP contribution < -0.4 is 0 Å². The summed E-state index contributed by atoms with van der Waals surface area (Å²) < 4.78 is 0.